The average Bonchev–Trinajstić information content (AvgIpc) is 2.26. The lowest BCUT2D eigenvalue weighted by Crippen LogP contribution is -2.43. The van der Waals surface area contributed by atoms with Gasteiger partial charge in [-0.25, -0.2) is 0 Å². The Labute approximate surface area is 91.8 Å². The molecule has 0 amide bonds. The molecular weight excluding hydrogens is 192 g/mol. The Bertz CT molecular complexity index is 207. The highest BCUT2D eigenvalue weighted by Gasteiger charge is 2.38. The van der Waals surface area contributed by atoms with Gasteiger partial charge in [0.1, 0.15) is 5.60 Å². The van der Waals surface area contributed by atoms with Crippen molar-refractivity contribution in [3.05, 3.63) is 0 Å². The Morgan fingerprint density at radius 2 is 2.00 bits per heavy atom. The van der Waals surface area contributed by atoms with E-state index in [2.05, 4.69) is 0 Å². The first-order valence-electron chi connectivity index (χ1n) is 5.86. The van der Waals surface area contributed by atoms with Gasteiger partial charge in [0, 0.05) is 19.6 Å². The van der Waals surface area contributed by atoms with Crippen LogP contribution in [0, 0.1) is 5.92 Å². The van der Waals surface area contributed by atoms with Crippen LogP contribution in [0.2, 0.25) is 0 Å². The van der Waals surface area contributed by atoms with Gasteiger partial charge in [-0.3, -0.25) is 4.79 Å². The first-order chi connectivity index (χ1) is 7.10. The maximum atomic E-state index is 12.0. The highest BCUT2D eigenvalue weighted by atomic mass is 16.5. The Morgan fingerprint density at radius 1 is 1.40 bits per heavy atom. The van der Waals surface area contributed by atoms with Crippen LogP contribution in [0.15, 0.2) is 0 Å². The van der Waals surface area contributed by atoms with E-state index in [1.54, 1.807) is 7.11 Å². The molecule has 0 aromatic carbocycles. The molecule has 3 nitrogen and oxygen atoms in total. The summed E-state index contributed by atoms with van der Waals surface area (Å²) in [6.07, 6.45) is 5.07. The predicted molar refractivity (Wildman–Crippen MR) is 58.7 cm³/mol. The summed E-state index contributed by atoms with van der Waals surface area (Å²) in [7, 11) is 1.63. The first-order valence-corrected chi connectivity index (χ1v) is 5.86. The zero-order valence-electron chi connectivity index (χ0n) is 9.79. The van der Waals surface area contributed by atoms with Crippen molar-refractivity contribution in [2.24, 2.45) is 5.92 Å². The molecule has 1 aliphatic carbocycles. The van der Waals surface area contributed by atoms with Crippen molar-refractivity contribution in [3.8, 4) is 0 Å². The van der Waals surface area contributed by atoms with Gasteiger partial charge in [-0.1, -0.05) is 26.2 Å². The summed E-state index contributed by atoms with van der Waals surface area (Å²) in [6, 6.07) is 0. The summed E-state index contributed by atoms with van der Waals surface area (Å²) in [5.41, 5.74) is -1.04. The minimum absolute atomic E-state index is 0.0132. The van der Waals surface area contributed by atoms with Crippen LogP contribution in [0.4, 0.5) is 0 Å². The smallest absolute Gasteiger partial charge is 0.167 e. The summed E-state index contributed by atoms with van der Waals surface area (Å²) in [6.45, 7) is 2.47. The largest absolute Gasteiger partial charge is 0.385 e. The third-order valence-corrected chi connectivity index (χ3v) is 3.34. The van der Waals surface area contributed by atoms with Crippen molar-refractivity contribution in [1.82, 2.24) is 0 Å². The maximum Gasteiger partial charge on any atom is 0.167 e. The van der Waals surface area contributed by atoms with Gasteiger partial charge in [0.25, 0.3) is 0 Å². The van der Waals surface area contributed by atoms with Crippen LogP contribution in [-0.4, -0.2) is 30.2 Å². The number of methoxy groups -OCH3 is 1. The van der Waals surface area contributed by atoms with Crippen molar-refractivity contribution in [1.29, 1.82) is 0 Å². The standard InChI is InChI=1S/C12H22O3/c1-10(6-9-15-2)11(13)12(14)7-4-3-5-8-12/h10,14H,3-9H2,1-2H3. The number of hydrogen-bond donors (Lipinski definition) is 1. The van der Waals surface area contributed by atoms with Crippen LogP contribution < -0.4 is 0 Å². The van der Waals surface area contributed by atoms with Gasteiger partial charge >= 0.3 is 0 Å². The van der Waals surface area contributed by atoms with Crippen molar-refractivity contribution >= 4 is 5.78 Å². The van der Waals surface area contributed by atoms with Crippen LogP contribution in [-0.2, 0) is 9.53 Å². The number of ether oxygens (including phenoxy) is 1. The van der Waals surface area contributed by atoms with Crippen LogP contribution in [0.5, 0.6) is 0 Å². The number of hydrogen-bond acceptors (Lipinski definition) is 3. The molecular formula is C12H22O3. The molecule has 1 atom stereocenters. The number of Topliss-reactive ketones (excluding diaryl/α,β-unsaturated/α-hetero) is 1. The number of aliphatic hydroxyl groups is 1. The van der Waals surface area contributed by atoms with Gasteiger partial charge in [-0.15, -0.1) is 0 Å². The van der Waals surface area contributed by atoms with E-state index in [4.69, 9.17) is 4.74 Å². The van der Waals surface area contributed by atoms with E-state index in [0.717, 1.165) is 19.3 Å². The molecule has 0 aromatic rings. The second-order valence-corrected chi connectivity index (χ2v) is 4.64. The molecule has 3 heteroatoms. The molecule has 1 fully saturated rings. The molecule has 1 unspecified atom stereocenters. The van der Waals surface area contributed by atoms with Gasteiger partial charge in [0.15, 0.2) is 5.78 Å². The fourth-order valence-corrected chi connectivity index (χ4v) is 2.27. The van der Waals surface area contributed by atoms with Crippen molar-refractivity contribution < 1.29 is 14.6 Å². The van der Waals surface area contributed by atoms with Crippen molar-refractivity contribution in [3.63, 3.8) is 0 Å². The van der Waals surface area contributed by atoms with E-state index in [1.807, 2.05) is 6.92 Å². The molecule has 0 bridgehead atoms. The Morgan fingerprint density at radius 3 is 2.53 bits per heavy atom. The second kappa shape index (κ2) is 5.61. The molecule has 1 rings (SSSR count). The molecule has 1 aliphatic rings. The van der Waals surface area contributed by atoms with E-state index in [1.165, 1.54) is 0 Å². The molecule has 0 saturated heterocycles. The predicted octanol–water partition coefficient (Wildman–Crippen LogP) is 1.92. The van der Waals surface area contributed by atoms with Crippen LogP contribution in [0.25, 0.3) is 0 Å². The Hall–Kier alpha value is -0.410. The quantitative estimate of drug-likeness (QED) is 0.760. The lowest BCUT2D eigenvalue weighted by Gasteiger charge is -2.32. The average molecular weight is 214 g/mol. The second-order valence-electron chi connectivity index (χ2n) is 4.64. The highest BCUT2D eigenvalue weighted by molar-refractivity contribution is 5.88. The van der Waals surface area contributed by atoms with Gasteiger partial charge in [-0.05, 0) is 19.3 Å². The number of carbonyl (C=O) groups excluding carboxylic acids is 1. The Balaban J connectivity index is 2.49. The van der Waals surface area contributed by atoms with E-state index < -0.39 is 5.60 Å². The third-order valence-electron chi connectivity index (χ3n) is 3.34. The molecule has 0 spiro atoms. The number of carbonyl (C=O) groups is 1. The number of rotatable bonds is 5. The molecule has 0 heterocycles. The minimum Gasteiger partial charge on any atom is -0.385 e. The van der Waals surface area contributed by atoms with Gasteiger partial charge < -0.3 is 9.84 Å². The number of ketones is 1. The fourth-order valence-electron chi connectivity index (χ4n) is 2.27. The monoisotopic (exact) mass is 214 g/mol. The minimum atomic E-state index is -1.04. The molecule has 15 heavy (non-hydrogen) atoms. The zero-order valence-corrected chi connectivity index (χ0v) is 9.79. The topological polar surface area (TPSA) is 46.5 Å². The van der Waals surface area contributed by atoms with E-state index in [-0.39, 0.29) is 11.7 Å². The van der Waals surface area contributed by atoms with Crippen molar-refractivity contribution in [2.45, 2.75) is 51.0 Å². The lowest BCUT2D eigenvalue weighted by atomic mass is 9.77. The maximum absolute atomic E-state index is 12.0. The SMILES string of the molecule is COCCC(C)C(=O)C1(O)CCCCC1. The van der Waals surface area contributed by atoms with Crippen molar-refractivity contribution in [2.75, 3.05) is 13.7 Å². The van der Waals surface area contributed by atoms with Gasteiger partial charge in [0.2, 0.25) is 0 Å². The summed E-state index contributed by atoms with van der Waals surface area (Å²) in [5, 5.41) is 10.2. The molecule has 88 valence electrons. The van der Waals surface area contributed by atoms with Crippen LogP contribution >= 0.6 is 0 Å². The summed E-state index contributed by atoms with van der Waals surface area (Å²) < 4.78 is 4.95. The lowest BCUT2D eigenvalue weighted by molar-refractivity contribution is -0.145. The molecule has 1 N–H and O–H groups in total. The molecule has 0 aromatic heterocycles. The zero-order chi connectivity index (χ0) is 11.3. The normalized spacial score (nSPS) is 22.3. The molecule has 0 radical (unpaired) electrons. The van der Waals surface area contributed by atoms with Gasteiger partial charge in [0.05, 0.1) is 0 Å². The van der Waals surface area contributed by atoms with Gasteiger partial charge in [-0.2, -0.15) is 0 Å². The Kier molecular flexibility index (Phi) is 4.74. The van der Waals surface area contributed by atoms with E-state index in [9.17, 15) is 9.90 Å². The van der Waals surface area contributed by atoms with E-state index >= 15 is 0 Å². The van der Waals surface area contributed by atoms with Crippen LogP contribution in [0.3, 0.4) is 0 Å². The van der Waals surface area contributed by atoms with Crippen LogP contribution in [0.1, 0.15) is 45.4 Å². The third kappa shape index (κ3) is 3.28. The summed E-state index contributed by atoms with van der Waals surface area (Å²) in [4.78, 5) is 12.0. The molecule has 1 saturated carbocycles. The summed E-state index contributed by atoms with van der Waals surface area (Å²) >= 11 is 0. The highest BCUT2D eigenvalue weighted by Crippen LogP contribution is 2.31. The first kappa shape index (κ1) is 12.7. The fraction of sp³-hybridized carbons (Fsp3) is 0.917. The summed E-state index contributed by atoms with van der Waals surface area (Å²) in [5.74, 6) is -0.0766. The van der Waals surface area contributed by atoms with E-state index in [0.29, 0.717) is 25.9 Å². The molecule has 0 aliphatic heterocycles.